The fraction of sp³-hybridized carbons (Fsp3) is 0.436. The molecule has 0 unspecified atom stereocenters. The molecule has 6 rings (SSSR count). The minimum Gasteiger partial charge on any atom is -0.507 e. The first-order chi connectivity index (χ1) is 21.9. The Balaban J connectivity index is 1.31. The Kier molecular flexibility index (Phi) is 9.53. The molecule has 3 N–H and O–H groups in total. The summed E-state index contributed by atoms with van der Waals surface area (Å²) >= 11 is 0. The number of benzene rings is 3. The number of carbonyl (C=O) groups is 2. The maximum Gasteiger partial charge on any atom is 0.234 e. The summed E-state index contributed by atoms with van der Waals surface area (Å²) in [7, 11) is 0. The molecule has 3 aromatic rings. The molecule has 0 aromatic heterocycles. The maximum atomic E-state index is 13.9. The predicted octanol–water partition coefficient (Wildman–Crippen LogP) is 7.27. The van der Waals surface area contributed by atoms with E-state index in [2.05, 4.69) is 25.1 Å². The molecule has 1 saturated carbocycles. The third-order valence-electron chi connectivity index (χ3n) is 10.4. The number of imide groups is 1. The van der Waals surface area contributed by atoms with Crippen LogP contribution >= 0.6 is 0 Å². The third kappa shape index (κ3) is 6.10. The summed E-state index contributed by atoms with van der Waals surface area (Å²) in [5, 5.41) is 34.8. The van der Waals surface area contributed by atoms with Gasteiger partial charge in [-0.25, -0.2) is 0 Å². The monoisotopic (exact) mass is 607 g/mol. The van der Waals surface area contributed by atoms with Gasteiger partial charge in [-0.05, 0) is 72.3 Å². The highest BCUT2D eigenvalue weighted by Crippen LogP contribution is 2.48. The van der Waals surface area contributed by atoms with E-state index in [1.54, 1.807) is 11.0 Å². The molecule has 3 aliphatic rings. The predicted molar refractivity (Wildman–Crippen MR) is 178 cm³/mol. The molecule has 1 heterocycles. The molecule has 1 aliphatic heterocycles. The Hall–Kier alpha value is -3.74. The maximum absolute atomic E-state index is 13.9. The van der Waals surface area contributed by atoms with Gasteiger partial charge in [0.25, 0.3) is 0 Å². The number of rotatable bonds is 10. The van der Waals surface area contributed by atoms with Gasteiger partial charge in [0.05, 0.1) is 24.5 Å². The summed E-state index contributed by atoms with van der Waals surface area (Å²) < 4.78 is 0. The van der Waals surface area contributed by atoms with E-state index in [9.17, 15) is 24.9 Å². The van der Waals surface area contributed by atoms with Gasteiger partial charge < -0.3 is 15.3 Å². The van der Waals surface area contributed by atoms with Crippen LogP contribution in [-0.2, 0) is 9.59 Å². The number of hydrogen-bond donors (Lipinski definition) is 3. The van der Waals surface area contributed by atoms with Crippen LogP contribution in [0.25, 0.3) is 22.4 Å². The highest BCUT2D eigenvalue weighted by Gasteiger charge is 2.56. The fourth-order valence-corrected chi connectivity index (χ4v) is 8.24. The Labute approximate surface area is 266 Å². The second kappa shape index (κ2) is 13.7. The Bertz CT molecular complexity index is 1600. The highest BCUT2D eigenvalue weighted by atomic mass is 16.3. The first kappa shape index (κ1) is 31.3. The summed E-state index contributed by atoms with van der Waals surface area (Å²) in [5.74, 6) is -1.61. The van der Waals surface area contributed by atoms with Gasteiger partial charge in [0.2, 0.25) is 11.8 Å². The van der Waals surface area contributed by atoms with E-state index >= 15 is 0 Å². The second-order valence-electron chi connectivity index (χ2n) is 13.1. The molecule has 45 heavy (non-hydrogen) atoms. The molecule has 6 nitrogen and oxygen atoms in total. The number of aromatic hydroxyl groups is 1. The van der Waals surface area contributed by atoms with Crippen molar-refractivity contribution in [3.8, 4) is 5.75 Å². The lowest BCUT2D eigenvalue weighted by Crippen LogP contribution is -2.42. The number of hydrogen-bond acceptors (Lipinski definition) is 5. The smallest absolute Gasteiger partial charge is 0.234 e. The minimum absolute atomic E-state index is 0.0405. The summed E-state index contributed by atoms with van der Waals surface area (Å²) in [6.45, 7) is 1.82. The number of amides is 2. The van der Waals surface area contributed by atoms with Crippen LogP contribution < -0.4 is 0 Å². The van der Waals surface area contributed by atoms with Gasteiger partial charge in [0, 0.05) is 17.3 Å². The Morgan fingerprint density at radius 2 is 1.64 bits per heavy atom. The normalized spacial score (nSPS) is 23.6. The van der Waals surface area contributed by atoms with Crippen molar-refractivity contribution < 1.29 is 24.9 Å². The molecular formula is C39H45NO5. The standard InChI is InChI=1S/C39H45NO5/c1-2-11-28-23-32-37(39(45)40(38(32)44)29-14-7-4-8-15-29)33(24-41)36(28)35(43)21-18-26(25-12-5-3-6-13-25)22-27-19-20-34(42)31-17-10-9-16-30(27)31/h3,5-6,9-10,12-13,16-17,19-20,22,29,32-33,35,37,41-43H,2,4,7-8,11,14-15,18,21,23-24H2,1H3/b26-22-/t32-,33+,35-,37-/m1/s1. The zero-order valence-electron chi connectivity index (χ0n) is 26.2. The van der Waals surface area contributed by atoms with Crippen molar-refractivity contribution in [2.75, 3.05) is 6.61 Å². The fourth-order valence-electron chi connectivity index (χ4n) is 8.24. The molecule has 3 aromatic carbocycles. The summed E-state index contributed by atoms with van der Waals surface area (Å²) in [6.07, 6.45) is 9.26. The van der Waals surface area contributed by atoms with E-state index in [0.717, 1.165) is 83.6 Å². The topological polar surface area (TPSA) is 98.1 Å². The highest BCUT2D eigenvalue weighted by molar-refractivity contribution is 6.06. The van der Waals surface area contributed by atoms with E-state index in [-0.39, 0.29) is 30.2 Å². The van der Waals surface area contributed by atoms with Gasteiger partial charge in [0.1, 0.15) is 5.75 Å². The minimum atomic E-state index is -0.847. The molecule has 6 heteroatoms. The average Bonchev–Trinajstić information content (AvgIpc) is 3.32. The van der Waals surface area contributed by atoms with Crippen molar-refractivity contribution in [1.29, 1.82) is 0 Å². The number of carbonyl (C=O) groups excluding carboxylic acids is 2. The molecule has 0 spiro atoms. The van der Waals surface area contributed by atoms with Crippen molar-refractivity contribution in [3.63, 3.8) is 0 Å². The lowest BCUT2D eigenvalue weighted by molar-refractivity contribution is -0.143. The first-order valence-corrected chi connectivity index (χ1v) is 16.8. The van der Waals surface area contributed by atoms with Gasteiger partial charge in [-0.15, -0.1) is 0 Å². The summed E-state index contributed by atoms with van der Waals surface area (Å²) in [4.78, 5) is 29.2. The van der Waals surface area contributed by atoms with Gasteiger partial charge in [0.15, 0.2) is 0 Å². The molecule has 4 atom stereocenters. The van der Waals surface area contributed by atoms with Crippen LogP contribution in [0.2, 0.25) is 0 Å². The molecular weight excluding hydrogens is 562 g/mol. The number of aliphatic hydroxyl groups is 2. The molecule has 0 bridgehead atoms. The van der Waals surface area contributed by atoms with E-state index in [1.807, 2.05) is 48.5 Å². The molecule has 2 aliphatic carbocycles. The molecule has 2 amide bonds. The quantitative estimate of drug-likeness (QED) is 0.128. The van der Waals surface area contributed by atoms with Crippen LogP contribution in [0.1, 0.15) is 82.3 Å². The average molecular weight is 608 g/mol. The zero-order chi connectivity index (χ0) is 31.5. The van der Waals surface area contributed by atoms with Crippen molar-refractivity contribution >= 4 is 34.2 Å². The second-order valence-corrected chi connectivity index (χ2v) is 13.1. The molecule has 0 radical (unpaired) electrons. The van der Waals surface area contributed by atoms with E-state index in [4.69, 9.17) is 0 Å². The lowest BCUT2D eigenvalue weighted by Gasteiger charge is -2.36. The van der Waals surface area contributed by atoms with Crippen LogP contribution in [0.4, 0.5) is 0 Å². The summed E-state index contributed by atoms with van der Waals surface area (Å²) in [5.41, 5.74) is 4.88. The SMILES string of the molecule is CCCC1=C([C@H](O)CC/C(=C/c2ccc(O)c3ccccc23)c2ccccc2)[C@H](CO)[C@@H]2C(=O)N(C3CCCCC3)C(=O)[C@@H]2C1. The van der Waals surface area contributed by atoms with Crippen LogP contribution in [-0.4, -0.2) is 50.8 Å². The van der Waals surface area contributed by atoms with Gasteiger partial charge in [-0.1, -0.05) is 105 Å². The van der Waals surface area contributed by atoms with Crippen LogP contribution in [0, 0.1) is 17.8 Å². The van der Waals surface area contributed by atoms with Crippen molar-refractivity contribution in [2.45, 2.75) is 83.3 Å². The van der Waals surface area contributed by atoms with Crippen molar-refractivity contribution in [3.05, 3.63) is 89.0 Å². The van der Waals surface area contributed by atoms with Crippen molar-refractivity contribution in [2.24, 2.45) is 17.8 Å². The van der Waals surface area contributed by atoms with Crippen LogP contribution in [0.15, 0.2) is 77.9 Å². The molecule has 236 valence electrons. The van der Waals surface area contributed by atoms with E-state index in [1.165, 1.54) is 0 Å². The molecule has 2 fully saturated rings. The first-order valence-electron chi connectivity index (χ1n) is 16.8. The molecule has 1 saturated heterocycles. The van der Waals surface area contributed by atoms with Crippen molar-refractivity contribution in [1.82, 2.24) is 4.90 Å². The van der Waals surface area contributed by atoms with Gasteiger partial charge >= 0.3 is 0 Å². The van der Waals surface area contributed by atoms with Gasteiger partial charge in [-0.2, -0.15) is 0 Å². The number of nitrogens with zero attached hydrogens (tertiary/aromatic N) is 1. The number of phenolic OH excluding ortho intramolecular Hbond substituents is 1. The van der Waals surface area contributed by atoms with E-state index in [0.29, 0.717) is 19.3 Å². The summed E-state index contributed by atoms with van der Waals surface area (Å²) in [6, 6.07) is 21.5. The number of phenols is 1. The largest absolute Gasteiger partial charge is 0.507 e. The Morgan fingerprint density at radius 3 is 2.36 bits per heavy atom. The zero-order valence-corrected chi connectivity index (χ0v) is 26.2. The van der Waals surface area contributed by atoms with E-state index < -0.39 is 23.9 Å². The Morgan fingerprint density at radius 1 is 0.933 bits per heavy atom. The number of allylic oxidation sites excluding steroid dienone is 2. The third-order valence-corrected chi connectivity index (χ3v) is 10.4. The van der Waals surface area contributed by atoms with Crippen LogP contribution in [0.3, 0.4) is 0 Å². The van der Waals surface area contributed by atoms with Crippen LogP contribution in [0.5, 0.6) is 5.75 Å². The number of likely N-dealkylation sites (tertiary alicyclic amines) is 1. The number of aliphatic hydroxyl groups excluding tert-OH is 2. The lowest BCUT2D eigenvalue weighted by atomic mass is 9.67. The van der Waals surface area contributed by atoms with Gasteiger partial charge in [-0.3, -0.25) is 14.5 Å². The number of fused-ring (bicyclic) bond motifs is 2.